The molecule has 0 aromatic heterocycles. The minimum Gasteiger partial charge on any atom is -0.481 e. The predicted octanol–water partition coefficient (Wildman–Crippen LogP) is 1.28. The van der Waals surface area contributed by atoms with Gasteiger partial charge in [0, 0.05) is 19.0 Å². The lowest BCUT2D eigenvalue weighted by molar-refractivity contribution is -0.144. The Labute approximate surface area is 147 Å². The predicted molar refractivity (Wildman–Crippen MR) is 92.5 cm³/mol. The van der Waals surface area contributed by atoms with E-state index < -0.39 is 21.9 Å². The van der Waals surface area contributed by atoms with Crippen molar-refractivity contribution in [2.75, 3.05) is 13.1 Å². The second-order valence-electron chi connectivity index (χ2n) is 6.40. The normalized spacial score (nSPS) is 20.8. The second kappa shape index (κ2) is 8.44. The highest BCUT2D eigenvalue weighted by Crippen LogP contribution is 2.29. The maximum absolute atomic E-state index is 12.1. The lowest BCUT2D eigenvalue weighted by Gasteiger charge is -2.25. The largest absolute Gasteiger partial charge is 0.481 e. The van der Waals surface area contributed by atoms with E-state index in [-0.39, 0.29) is 29.8 Å². The van der Waals surface area contributed by atoms with Crippen LogP contribution in [0.5, 0.6) is 0 Å². The zero-order valence-electron chi connectivity index (χ0n) is 14.2. The van der Waals surface area contributed by atoms with Gasteiger partial charge in [0.2, 0.25) is 15.9 Å². The fraction of sp³-hybridized carbons (Fsp3) is 0.529. The number of aryl methyl sites for hydroxylation is 1. The topological polar surface area (TPSA) is 113 Å². The van der Waals surface area contributed by atoms with Gasteiger partial charge in [-0.25, -0.2) is 13.1 Å². The summed E-state index contributed by atoms with van der Waals surface area (Å²) in [5.41, 5.74) is 0.971. The Morgan fingerprint density at radius 1 is 1.12 bits per heavy atom. The summed E-state index contributed by atoms with van der Waals surface area (Å²) in [5.74, 6) is -1.85. The number of nitrogens with one attached hydrogen (secondary N) is 2. The Bertz CT molecular complexity index is 715. The molecule has 0 bridgehead atoms. The summed E-state index contributed by atoms with van der Waals surface area (Å²) in [5, 5.41) is 11.7. The van der Waals surface area contributed by atoms with E-state index in [0.29, 0.717) is 19.3 Å². The molecule has 8 heteroatoms. The zero-order chi connectivity index (χ0) is 18.4. The lowest BCUT2D eigenvalue weighted by Crippen LogP contribution is -2.39. The molecule has 25 heavy (non-hydrogen) atoms. The van der Waals surface area contributed by atoms with Crippen LogP contribution in [0.1, 0.15) is 31.2 Å². The van der Waals surface area contributed by atoms with Crippen LogP contribution in [0.25, 0.3) is 0 Å². The van der Waals surface area contributed by atoms with Crippen molar-refractivity contribution in [1.29, 1.82) is 0 Å². The SMILES string of the molecule is Cc1ccc(S(=O)(=O)NCCNC(=O)C2CCCC(C(=O)O)C2)cc1. The number of carbonyl (C=O) groups excluding carboxylic acids is 1. The fourth-order valence-electron chi connectivity index (χ4n) is 2.97. The molecule has 0 spiro atoms. The van der Waals surface area contributed by atoms with Crippen LogP contribution in [-0.2, 0) is 19.6 Å². The van der Waals surface area contributed by atoms with Crippen molar-refractivity contribution in [2.45, 2.75) is 37.5 Å². The van der Waals surface area contributed by atoms with Crippen LogP contribution >= 0.6 is 0 Å². The molecule has 1 amide bonds. The van der Waals surface area contributed by atoms with Gasteiger partial charge < -0.3 is 10.4 Å². The Hall–Kier alpha value is -1.93. The number of hydrogen-bond acceptors (Lipinski definition) is 4. The molecule has 1 aliphatic rings. The molecule has 3 N–H and O–H groups in total. The third kappa shape index (κ3) is 5.54. The summed E-state index contributed by atoms with van der Waals surface area (Å²) in [6, 6.07) is 6.51. The molecule has 7 nitrogen and oxygen atoms in total. The number of carbonyl (C=O) groups is 2. The van der Waals surface area contributed by atoms with E-state index in [1.54, 1.807) is 12.1 Å². The fourth-order valence-corrected chi connectivity index (χ4v) is 4.00. The first kappa shape index (κ1) is 19.4. The first-order valence-electron chi connectivity index (χ1n) is 8.36. The minimum absolute atomic E-state index is 0.0804. The molecule has 0 saturated heterocycles. The average Bonchev–Trinajstić information content (AvgIpc) is 2.59. The third-order valence-electron chi connectivity index (χ3n) is 4.44. The first-order chi connectivity index (χ1) is 11.8. The summed E-state index contributed by atoms with van der Waals surface area (Å²) in [4.78, 5) is 23.3. The van der Waals surface area contributed by atoms with Gasteiger partial charge in [-0.1, -0.05) is 24.1 Å². The number of carboxylic acid groups (broad SMARTS) is 1. The first-order valence-corrected chi connectivity index (χ1v) is 9.85. The number of carboxylic acids is 1. The summed E-state index contributed by atoms with van der Waals surface area (Å²) < 4.78 is 26.7. The maximum atomic E-state index is 12.1. The second-order valence-corrected chi connectivity index (χ2v) is 8.17. The zero-order valence-corrected chi connectivity index (χ0v) is 15.0. The highest BCUT2D eigenvalue weighted by molar-refractivity contribution is 7.89. The van der Waals surface area contributed by atoms with E-state index in [9.17, 15) is 18.0 Å². The number of hydrogen-bond donors (Lipinski definition) is 3. The Balaban J connectivity index is 1.77. The van der Waals surface area contributed by atoms with E-state index in [0.717, 1.165) is 12.0 Å². The van der Waals surface area contributed by atoms with E-state index in [1.807, 2.05) is 6.92 Å². The van der Waals surface area contributed by atoms with Crippen molar-refractivity contribution >= 4 is 21.9 Å². The highest BCUT2D eigenvalue weighted by Gasteiger charge is 2.30. The Morgan fingerprint density at radius 2 is 1.76 bits per heavy atom. The molecule has 1 aromatic rings. The molecule has 1 aromatic carbocycles. The molecule has 138 valence electrons. The smallest absolute Gasteiger partial charge is 0.306 e. The van der Waals surface area contributed by atoms with Crippen molar-refractivity contribution in [1.82, 2.24) is 10.0 Å². The molecule has 0 aliphatic heterocycles. The van der Waals surface area contributed by atoms with Gasteiger partial charge >= 0.3 is 5.97 Å². The molecule has 2 rings (SSSR count). The van der Waals surface area contributed by atoms with Gasteiger partial charge in [-0.2, -0.15) is 0 Å². The standard InChI is InChI=1S/C17H24N2O5S/c1-12-5-7-15(8-6-12)25(23,24)19-10-9-18-16(20)13-3-2-4-14(11-13)17(21)22/h5-8,13-14,19H,2-4,9-11H2,1H3,(H,18,20)(H,21,22). The molecule has 1 saturated carbocycles. The molecule has 2 atom stereocenters. The minimum atomic E-state index is -3.60. The van der Waals surface area contributed by atoms with Gasteiger partial charge in [0.05, 0.1) is 10.8 Å². The quantitative estimate of drug-likeness (QED) is 0.628. The summed E-state index contributed by atoms with van der Waals surface area (Å²) in [6.45, 7) is 2.12. The summed E-state index contributed by atoms with van der Waals surface area (Å²) in [7, 11) is -3.60. The molecule has 0 heterocycles. The van der Waals surface area contributed by atoms with E-state index in [4.69, 9.17) is 5.11 Å². The maximum Gasteiger partial charge on any atom is 0.306 e. The average molecular weight is 368 g/mol. The van der Waals surface area contributed by atoms with Crippen molar-refractivity contribution in [3.63, 3.8) is 0 Å². The number of sulfonamides is 1. The van der Waals surface area contributed by atoms with E-state index >= 15 is 0 Å². The Kier molecular flexibility index (Phi) is 6.55. The summed E-state index contributed by atoms with van der Waals surface area (Å²) >= 11 is 0. The van der Waals surface area contributed by atoms with Gasteiger partial charge in [0.25, 0.3) is 0 Å². The molecule has 1 fully saturated rings. The molecular weight excluding hydrogens is 344 g/mol. The highest BCUT2D eigenvalue weighted by atomic mass is 32.2. The van der Waals surface area contributed by atoms with Crippen LogP contribution in [-0.4, -0.2) is 38.5 Å². The van der Waals surface area contributed by atoms with E-state index in [2.05, 4.69) is 10.0 Å². The van der Waals surface area contributed by atoms with Crippen LogP contribution in [0.4, 0.5) is 0 Å². The number of benzene rings is 1. The van der Waals surface area contributed by atoms with E-state index in [1.165, 1.54) is 12.1 Å². The molecule has 1 aliphatic carbocycles. The van der Waals surface area contributed by atoms with Gasteiger partial charge in [-0.15, -0.1) is 0 Å². The summed E-state index contributed by atoms with van der Waals surface area (Å²) in [6.07, 6.45) is 2.34. The molecule has 2 unspecified atom stereocenters. The van der Waals surface area contributed by atoms with Gasteiger partial charge in [-0.3, -0.25) is 9.59 Å². The van der Waals surface area contributed by atoms with Crippen LogP contribution in [0.2, 0.25) is 0 Å². The third-order valence-corrected chi connectivity index (χ3v) is 5.92. The van der Waals surface area contributed by atoms with Crippen molar-refractivity contribution in [3.05, 3.63) is 29.8 Å². The van der Waals surface area contributed by atoms with Crippen molar-refractivity contribution < 1.29 is 23.1 Å². The number of rotatable bonds is 7. The Morgan fingerprint density at radius 3 is 2.40 bits per heavy atom. The van der Waals surface area contributed by atoms with Crippen molar-refractivity contribution in [2.24, 2.45) is 11.8 Å². The van der Waals surface area contributed by atoms with Gasteiger partial charge in [-0.05, 0) is 38.3 Å². The monoisotopic (exact) mass is 368 g/mol. The van der Waals surface area contributed by atoms with Crippen LogP contribution < -0.4 is 10.0 Å². The number of amides is 1. The van der Waals surface area contributed by atoms with Crippen molar-refractivity contribution in [3.8, 4) is 0 Å². The van der Waals surface area contributed by atoms with Crippen LogP contribution in [0.15, 0.2) is 29.2 Å². The molecule has 0 radical (unpaired) electrons. The van der Waals surface area contributed by atoms with Gasteiger partial charge in [0.15, 0.2) is 0 Å². The lowest BCUT2D eigenvalue weighted by atomic mass is 9.81. The molecular formula is C17H24N2O5S. The van der Waals surface area contributed by atoms with Crippen LogP contribution in [0, 0.1) is 18.8 Å². The van der Waals surface area contributed by atoms with Gasteiger partial charge in [0.1, 0.15) is 0 Å². The number of aliphatic carboxylic acids is 1. The van der Waals surface area contributed by atoms with Crippen LogP contribution in [0.3, 0.4) is 0 Å².